The smallest absolute Gasteiger partial charge is 0.361 e. The monoisotopic (exact) mass is 1230 g/mol. The molecule has 0 saturated heterocycles. The number of nitrogens with zero attached hydrogens (tertiary/aromatic N) is 1. The van der Waals surface area contributed by atoms with Crippen molar-refractivity contribution in [2.45, 2.75) is 354 Å². The summed E-state index contributed by atoms with van der Waals surface area (Å²) in [5, 5.41) is 9.74. The second-order valence-corrected chi connectivity index (χ2v) is 26.2. The quantitative estimate of drug-likeness (QED) is 0.0211. The molecule has 0 radical (unpaired) electrons. The largest absolute Gasteiger partial charge is 0.477 e. The predicted octanol–water partition coefficient (Wildman–Crippen LogP) is 23.4. The van der Waals surface area contributed by atoms with Gasteiger partial charge >= 0.3 is 17.9 Å². The Morgan fingerprint density at radius 1 is 0.352 bits per heavy atom. The van der Waals surface area contributed by atoms with Gasteiger partial charge in [0.1, 0.15) is 13.2 Å². The van der Waals surface area contributed by atoms with E-state index < -0.39 is 24.3 Å². The summed E-state index contributed by atoms with van der Waals surface area (Å²) in [5.74, 6) is -2.08. The molecule has 0 aliphatic heterocycles. The first-order valence-electron chi connectivity index (χ1n) is 37.3. The summed E-state index contributed by atoms with van der Waals surface area (Å²) < 4.78 is 22.9. The Bertz CT molecular complexity index is 1720. The molecule has 0 aliphatic rings. The minimum atomic E-state index is -1.53. The van der Waals surface area contributed by atoms with Gasteiger partial charge in [-0.2, -0.15) is 0 Å². The molecule has 88 heavy (non-hydrogen) atoms. The lowest BCUT2D eigenvalue weighted by Crippen LogP contribution is -2.40. The number of hydrogen-bond acceptors (Lipinski definition) is 7. The summed E-state index contributed by atoms with van der Waals surface area (Å²) in [4.78, 5) is 37.6. The number of carbonyl (C=O) groups is 3. The maximum Gasteiger partial charge on any atom is 0.361 e. The average molecular weight is 1230 g/mol. The number of carboxylic acid groups (broad SMARTS) is 1. The minimum absolute atomic E-state index is 0.174. The molecule has 9 nitrogen and oxygen atoms in total. The molecule has 1 N–H and O–H groups in total. The Hall–Kier alpha value is -3.53. The Kier molecular flexibility index (Phi) is 66.6. The van der Waals surface area contributed by atoms with Gasteiger partial charge < -0.3 is 28.5 Å². The predicted molar refractivity (Wildman–Crippen MR) is 378 cm³/mol. The summed E-state index contributed by atoms with van der Waals surface area (Å²) in [6, 6.07) is 0. The second-order valence-electron chi connectivity index (χ2n) is 26.2. The van der Waals surface area contributed by atoms with E-state index in [2.05, 4.69) is 98.9 Å². The molecule has 0 aliphatic carbocycles. The van der Waals surface area contributed by atoms with Crippen molar-refractivity contribution in [3.8, 4) is 0 Å². The van der Waals surface area contributed by atoms with E-state index in [1.807, 2.05) is 21.1 Å². The number of quaternary nitrogens is 1. The molecular weight excluding hydrogens is 1090 g/mol. The molecule has 0 rings (SSSR count). The molecular formula is C79H142NO8+. The molecule has 9 heteroatoms. The van der Waals surface area contributed by atoms with Crippen LogP contribution < -0.4 is 0 Å². The second kappa shape index (κ2) is 69.4. The highest BCUT2D eigenvalue weighted by Crippen LogP contribution is 2.19. The zero-order valence-electron chi connectivity index (χ0n) is 58.4. The van der Waals surface area contributed by atoms with Gasteiger partial charge in [0, 0.05) is 12.8 Å². The summed E-state index contributed by atoms with van der Waals surface area (Å²) in [6.07, 6.45) is 91.8. The van der Waals surface area contributed by atoms with Gasteiger partial charge in [0.2, 0.25) is 0 Å². The molecule has 0 fully saturated rings. The number of hydrogen-bond donors (Lipinski definition) is 1. The number of carboxylic acids is 1. The lowest BCUT2D eigenvalue weighted by atomic mass is 10.0. The number of rotatable bonds is 69. The Balaban J connectivity index is 4.01. The Morgan fingerprint density at radius 3 is 0.955 bits per heavy atom. The van der Waals surface area contributed by atoms with Gasteiger partial charge in [0.15, 0.2) is 6.10 Å². The molecule has 0 bridgehead atoms. The Morgan fingerprint density at radius 2 is 0.648 bits per heavy atom. The van der Waals surface area contributed by atoms with E-state index in [0.29, 0.717) is 17.4 Å². The van der Waals surface area contributed by atoms with Crippen LogP contribution in [0.3, 0.4) is 0 Å². The number of carbonyl (C=O) groups excluding carboxylic acids is 2. The standard InChI is InChI=1S/C79H141NO8/c1-6-8-10-12-14-16-18-20-22-24-26-28-30-31-32-33-34-35-36-37-38-39-40-41-42-43-44-45-46-48-49-51-53-55-57-59-61-63-65-67-69-76(81)86-73-75(74-87-79(78(83)84)85-72-71-80(3,4)5)88-77(82)70-68-66-64-62-60-58-56-54-52-50-47-29-27-25-23-21-19-17-15-13-11-9-7-2/h9,11,15,17,21,23,27,29,50,52,56,58,62,64,75,79H,6-8,10,12-14,16,18-20,22,24-26,28,30-49,51,53-55,57,59-61,63,65-74H2,1-5H3/p+1/b11-9-,17-15-,23-21-,29-27-,52-50-,58-56-,64-62-. The molecule has 0 saturated carbocycles. The van der Waals surface area contributed by atoms with Gasteiger partial charge in [-0.05, 0) is 64.2 Å². The number of aliphatic carboxylic acids is 1. The number of unbranched alkanes of at least 4 members (excludes halogenated alkanes) is 40. The van der Waals surface area contributed by atoms with Crippen molar-refractivity contribution in [2.75, 3.05) is 47.5 Å². The van der Waals surface area contributed by atoms with Crippen LogP contribution >= 0.6 is 0 Å². The van der Waals surface area contributed by atoms with Crippen molar-refractivity contribution >= 4 is 17.9 Å². The third-order valence-corrected chi connectivity index (χ3v) is 16.4. The van der Waals surface area contributed by atoms with Crippen LogP contribution in [0.4, 0.5) is 0 Å². The number of ether oxygens (including phenoxy) is 4. The van der Waals surface area contributed by atoms with Gasteiger partial charge in [-0.3, -0.25) is 9.59 Å². The number of esters is 2. The Labute approximate surface area is 544 Å². The van der Waals surface area contributed by atoms with Crippen LogP contribution in [0.1, 0.15) is 341 Å². The molecule has 0 heterocycles. The van der Waals surface area contributed by atoms with Crippen LogP contribution in [0.25, 0.3) is 0 Å². The molecule has 0 amide bonds. The van der Waals surface area contributed by atoms with Crippen LogP contribution in [-0.4, -0.2) is 87.4 Å². The van der Waals surface area contributed by atoms with E-state index in [0.717, 1.165) is 70.6 Å². The topological polar surface area (TPSA) is 108 Å². The highest BCUT2D eigenvalue weighted by Gasteiger charge is 2.25. The third kappa shape index (κ3) is 69.9. The fraction of sp³-hybridized carbons (Fsp3) is 0.785. The zero-order chi connectivity index (χ0) is 64.0. The first-order chi connectivity index (χ1) is 43.1. The third-order valence-electron chi connectivity index (χ3n) is 16.4. The van der Waals surface area contributed by atoms with E-state index in [1.165, 1.54) is 238 Å². The molecule has 2 unspecified atom stereocenters. The van der Waals surface area contributed by atoms with Crippen LogP contribution in [0, 0.1) is 0 Å². The van der Waals surface area contributed by atoms with Crippen molar-refractivity contribution < 1.29 is 42.9 Å². The summed E-state index contributed by atoms with van der Waals surface area (Å²) in [7, 11) is 5.96. The normalized spacial score (nSPS) is 13.1. The zero-order valence-corrected chi connectivity index (χ0v) is 58.4. The van der Waals surface area contributed by atoms with E-state index in [4.69, 9.17) is 18.9 Å². The fourth-order valence-corrected chi connectivity index (χ4v) is 10.8. The van der Waals surface area contributed by atoms with Crippen molar-refractivity contribution in [1.29, 1.82) is 0 Å². The maximum absolute atomic E-state index is 12.9. The van der Waals surface area contributed by atoms with Crippen LogP contribution in [0.15, 0.2) is 85.1 Å². The lowest BCUT2D eigenvalue weighted by Gasteiger charge is -2.25. The summed E-state index contributed by atoms with van der Waals surface area (Å²) >= 11 is 0. The van der Waals surface area contributed by atoms with Crippen molar-refractivity contribution in [2.24, 2.45) is 0 Å². The number of likely N-dealkylation sites (N-methyl/N-ethyl adjacent to an activating group) is 1. The highest BCUT2D eigenvalue weighted by molar-refractivity contribution is 5.71. The molecule has 0 aromatic carbocycles. The highest BCUT2D eigenvalue weighted by atomic mass is 16.7. The van der Waals surface area contributed by atoms with Crippen molar-refractivity contribution in [1.82, 2.24) is 0 Å². The van der Waals surface area contributed by atoms with E-state index >= 15 is 0 Å². The van der Waals surface area contributed by atoms with E-state index in [-0.39, 0.29) is 38.6 Å². The molecule has 2 atom stereocenters. The average Bonchev–Trinajstić information content (AvgIpc) is 3.51. The SMILES string of the molecule is CC/C=C\C/C=C\C/C=C\C/C=C\C/C=C\C/C=C\C/C=C\CCCC(=O)OC(COC(=O)CCCCCCCCCCCCCCCCCCCCCCCCCCCCCCCCCCCCCCCCCC)COC(OCC[N+](C)(C)C)C(=O)O. The van der Waals surface area contributed by atoms with Crippen LogP contribution in [0.2, 0.25) is 0 Å². The fourth-order valence-electron chi connectivity index (χ4n) is 10.8. The summed E-state index contributed by atoms with van der Waals surface area (Å²) in [6.45, 7) is 4.73. The first kappa shape index (κ1) is 84.5. The van der Waals surface area contributed by atoms with Gasteiger partial charge in [0.05, 0.1) is 34.4 Å². The molecule has 510 valence electrons. The van der Waals surface area contributed by atoms with E-state index in [9.17, 15) is 19.5 Å². The molecule has 0 aromatic heterocycles. The minimum Gasteiger partial charge on any atom is -0.477 e. The number of allylic oxidation sites excluding steroid dienone is 14. The van der Waals surface area contributed by atoms with E-state index in [1.54, 1.807) is 0 Å². The first-order valence-corrected chi connectivity index (χ1v) is 37.3. The van der Waals surface area contributed by atoms with Crippen molar-refractivity contribution in [3.05, 3.63) is 85.1 Å². The molecule has 0 spiro atoms. The van der Waals surface area contributed by atoms with Gasteiger partial charge in [-0.25, -0.2) is 4.79 Å². The summed E-state index contributed by atoms with van der Waals surface area (Å²) in [5.41, 5.74) is 0. The van der Waals surface area contributed by atoms with Gasteiger partial charge in [0.25, 0.3) is 6.29 Å². The molecule has 0 aromatic rings. The maximum atomic E-state index is 12.9. The lowest BCUT2D eigenvalue weighted by molar-refractivity contribution is -0.870. The van der Waals surface area contributed by atoms with Crippen molar-refractivity contribution in [3.63, 3.8) is 0 Å². The van der Waals surface area contributed by atoms with Gasteiger partial charge in [-0.1, -0.05) is 349 Å². The van der Waals surface area contributed by atoms with Gasteiger partial charge in [-0.15, -0.1) is 0 Å². The van der Waals surface area contributed by atoms with Crippen LogP contribution in [0.5, 0.6) is 0 Å². The van der Waals surface area contributed by atoms with Crippen LogP contribution in [-0.2, 0) is 33.3 Å².